The third-order valence-corrected chi connectivity index (χ3v) is 3.75. The van der Waals surface area contributed by atoms with E-state index in [4.69, 9.17) is 10.9 Å². The molecular weight excluding hydrogens is 174 g/mol. The number of nitrogens with zero attached hydrogens (tertiary/aromatic N) is 1. The first-order chi connectivity index (χ1) is 5.72. The molecule has 1 rings (SSSR count). The van der Waals surface area contributed by atoms with Crippen molar-refractivity contribution in [2.45, 2.75) is 24.0 Å². The number of rotatable bonds is 3. The first-order valence-electron chi connectivity index (χ1n) is 3.98. The fourth-order valence-electron chi connectivity index (χ4n) is 1.26. The lowest BCUT2D eigenvalue weighted by Gasteiger charge is -2.38. The summed E-state index contributed by atoms with van der Waals surface area (Å²) >= 11 is 1.84. The molecule has 1 aliphatic rings. The van der Waals surface area contributed by atoms with Gasteiger partial charge in [-0.1, -0.05) is 6.42 Å². The minimum Gasteiger partial charge on any atom is -0.368 e. The fourth-order valence-corrected chi connectivity index (χ4v) is 2.15. The van der Waals surface area contributed by atoms with E-state index in [1.165, 1.54) is 19.3 Å². The summed E-state index contributed by atoms with van der Waals surface area (Å²) in [7, 11) is 0. The van der Waals surface area contributed by atoms with Crippen molar-refractivity contribution >= 4 is 17.7 Å². The molecule has 70 valence electrons. The number of thioether (sulfide) groups is 1. The van der Waals surface area contributed by atoms with Crippen LogP contribution < -0.4 is 11.2 Å². The van der Waals surface area contributed by atoms with Crippen LogP contribution in [0.2, 0.25) is 0 Å². The molecule has 4 nitrogen and oxygen atoms in total. The van der Waals surface area contributed by atoms with Gasteiger partial charge in [0.1, 0.15) is 0 Å². The summed E-state index contributed by atoms with van der Waals surface area (Å²) in [4.78, 5) is 4.02. The molecule has 4 N–H and O–H groups in total. The number of nitrogens with two attached hydrogens (primary N) is 1. The van der Waals surface area contributed by atoms with E-state index in [0.29, 0.717) is 11.3 Å². The van der Waals surface area contributed by atoms with E-state index in [-0.39, 0.29) is 5.96 Å². The van der Waals surface area contributed by atoms with Gasteiger partial charge in [0, 0.05) is 4.75 Å². The Bertz CT molecular complexity index is 174. The summed E-state index contributed by atoms with van der Waals surface area (Å²) in [6.07, 6.45) is 5.78. The van der Waals surface area contributed by atoms with Crippen LogP contribution >= 0.6 is 11.8 Å². The molecule has 0 atom stereocenters. The van der Waals surface area contributed by atoms with Crippen LogP contribution in [0.3, 0.4) is 0 Å². The second kappa shape index (κ2) is 4.00. The summed E-state index contributed by atoms with van der Waals surface area (Å²) < 4.78 is 0.293. The molecule has 0 amide bonds. The molecule has 5 heteroatoms. The first-order valence-corrected chi connectivity index (χ1v) is 5.20. The molecule has 0 aliphatic heterocycles. The van der Waals surface area contributed by atoms with Crippen LogP contribution in [0, 0.1) is 0 Å². The Hall–Kier alpha value is -0.420. The molecular formula is C7H15N3OS. The van der Waals surface area contributed by atoms with Crippen LogP contribution in [-0.2, 0) is 0 Å². The predicted molar refractivity (Wildman–Crippen MR) is 51.5 cm³/mol. The third kappa shape index (κ3) is 2.04. The lowest BCUT2D eigenvalue weighted by atomic mass is 9.84. The van der Waals surface area contributed by atoms with E-state index < -0.39 is 0 Å². The van der Waals surface area contributed by atoms with Crippen LogP contribution in [0.5, 0.6) is 0 Å². The van der Waals surface area contributed by atoms with E-state index in [1.54, 1.807) is 0 Å². The van der Waals surface area contributed by atoms with Gasteiger partial charge in [-0.3, -0.25) is 10.2 Å². The molecule has 0 spiro atoms. The number of guanidine groups is 1. The maximum Gasteiger partial charge on any atom is 0.212 e. The zero-order valence-corrected chi connectivity index (χ0v) is 8.02. The monoisotopic (exact) mass is 189 g/mol. The Morgan fingerprint density at radius 1 is 1.75 bits per heavy atom. The maximum absolute atomic E-state index is 8.38. The molecule has 1 fully saturated rings. The lowest BCUT2D eigenvalue weighted by molar-refractivity contribution is 0.232. The van der Waals surface area contributed by atoms with E-state index in [9.17, 15) is 0 Å². The minimum absolute atomic E-state index is 0.107. The summed E-state index contributed by atoms with van der Waals surface area (Å²) in [5.74, 6) is 0.107. The predicted octanol–water partition coefficient (Wildman–Crippen LogP) is 0.566. The summed E-state index contributed by atoms with van der Waals surface area (Å²) in [6, 6.07) is 0. The number of hydrogen-bond donors (Lipinski definition) is 3. The Morgan fingerprint density at radius 3 is 2.75 bits per heavy atom. The molecule has 0 aromatic heterocycles. The Morgan fingerprint density at radius 2 is 2.42 bits per heavy atom. The fraction of sp³-hybridized carbons (Fsp3) is 0.857. The van der Waals surface area contributed by atoms with E-state index >= 15 is 0 Å². The SMILES string of the molecule is CSC1(CN=C(N)NO)CCC1. The van der Waals surface area contributed by atoms with Crippen molar-refractivity contribution in [1.82, 2.24) is 5.48 Å². The molecule has 0 bridgehead atoms. The van der Waals surface area contributed by atoms with Crippen molar-refractivity contribution in [3.8, 4) is 0 Å². The normalized spacial score (nSPS) is 21.7. The highest BCUT2D eigenvalue weighted by atomic mass is 32.2. The van der Waals surface area contributed by atoms with Gasteiger partial charge in [-0.25, -0.2) is 5.48 Å². The molecule has 12 heavy (non-hydrogen) atoms. The van der Waals surface area contributed by atoms with Crippen molar-refractivity contribution in [3.05, 3.63) is 0 Å². The van der Waals surface area contributed by atoms with Gasteiger partial charge in [0.2, 0.25) is 5.96 Å². The largest absolute Gasteiger partial charge is 0.368 e. The van der Waals surface area contributed by atoms with E-state index in [2.05, 4.69) is 11.2 Å². The topological polar surface area (TPSA) is 70.6 Å². The van der Waals surface area contributed by atoms with Crippen molar-refractivity contribution < 1.29 is 5.21 Å². The molecule has 0 radical (unpaired) electrons. The van der Waals surface area contributed by atoms with E-state index in [0.717, 1.165) is 0 Å². The van der Waals surface area contributed by atoms with Gasteiger partial charge in [0.25, 0.3) is 0 Å². The maximum atomic E-state index is 8.38. The molecule has 0 aromatic carbocycles. The molecule has 0 heterocycles. The molecule has 1 aliphatic carbocycles. The van der Waals surface area contributed by atoms with Crippen LogP contribution in [0.15, 0.2) is 4.99 Å². The standard InChI is InChI=1S/C7H15N3OS/c1-12-7(3-2-4-7)5-9-6(8)10-11/h11H,2-5H2,1H3,(H3,8,9,10). The first kappa shape index (κ1) is 9.67. The Balaban J connectivity index is 2.38. The summed E-state index contributed by atoms with van der Waals surface area (Å²) in [6.45, 7) is 0.702. The Kier molecular flexibility index (Phi) is 3.22. The van der Waals surface area contributed by atoms with Gasteiger partial charge < -0.3 is 5.73 Å². The van der Waals surface area contributed by atoms with Gasteiger partial charge in [0.15, 0.2) is 0 Å². The van der Waals surface area contributed by atoms with Crippen LogP contribution in [0.1, 0.15) is 19.3 Å². The van der Waals surface area contributed by atoms with Crippen LogP contribution in [-0.4, -0.2) is 28.7 Å². The lowest BCUT2D eigenvalue weighted by Crippen LogP contribution is -2.38. The molecule has 0 saturated heterocycles. The third-order valence-electron chi connectivity index (χ3n) is 2.35. The smallest absolute Gasteiger partial charge is 0.212 e. The highest BCUT2D eigenvalue weighted by Crippen LogP contribution is 2.42. The second-order valence-corrected chi connectivity index (χ2v) is 4.33. The quantitative estimate of drug-likeness (QED) is 0.345. The van der Waals surface area contributed by atoms with Gasteiger partial charge in [-0.05, 0) is 19.1 Å². The van der Waals surface area contributed by atoms with Gasteiger partial charge >= 0.3 is 0 Å². The number of nitrogens with one attached hydrogen (secondary N) is 1. The highest BCUT2D eigenvalue weighted by molar-refractivity contribution is 8.00. The van der Waals surface area contributed by atoms with Gasteiger partial charge in [-0.2, -0.15) is 11.8 Å². The number of hydroxylamine groups is 1. The Labute approximate surface area is 76.6 Å². The minimum atomic E-state index is 0.107. The number of aliphatic imine (C=N–C) groups is 1. The van der Waals surface area contributed by atoms with Crippen molar-refractivity contribution in [3.63, 3.8) is 0 Å². The zero-order valence-electron chi connectivity index (χ0n) is 7.21. The summed E-state index contributed by atoms with van der Waals surface area (Å²) in [5.41, 5.74) is 7.12. The van der Waals surface area contributed by atoms with Crippen molar-refractivity contribution in [2.75, 3.05) is 12.8 Å². The van der Waals surface area contributed by atoms with Gasteiger partial charge in [-0.15, -0.1) is 0 Å². The average molecular weight is 189 g/mol. The average Bonchev–Trinajstić information content (AvgIpc) is 2.03. The summed E-state index contributed by atoms with van der Waals surface area (Å²) in [5, 5.41) is 8.38. The number of hydrogen-bond acceptors (Lipinski definition) is 3. The van der Waals surface area contributed by atoms with Crippen LogP contribution in [0.4, 0.5) is 0 Å². The molecule has 0 unspecified atom stereocenters. The highest BCUT2D eigenvalue weighted by Gasteiger charge is 2.35. The van der Waals surface area contributed by atoms with Crippen LogP contribution in [0.25, 0.3) is 0 Å². The molecule has 0 aromatic rings. The van der Waals surface area contributed by atoms with Crippen molar-refractivity contribution in [1.29, 1.82) is 0 Å². The van der Waals surface area contributed by atoms with E-state index in [1.807, 2.05) is 17.2 Å². The zero-order chi connectivity index (χ0) is 9.03. The second-order valence-electron chi connectivity index (χ2n) is 3.05. The van der Waals surface area contributed by atoms with Gasteiger partial charge in [0.05, 0.1) is 6.54 Å². The van der Waals surface area contributed by atoms with Crippen molar-refractivity contribution in [2.24, 2.45) is 10.7 Å². The molecule has 1 saturated carbocycles.